The summed E-state index contributed by atoms with van der Waals surface area (Å²) in [7, 11) is -6.09. The topological polar surface area (TPSA) is 128 Å². The zero-order valence-electron chi connectivity index (χ0n) is 8.73. The number of rotatable bonds is 1. The van der Waals surface area contributed by atoms with Gasteiger partial charge in [0.2, 0.25) is 5.39 Å². The van der Waals surface area contributed by atoms with E-state index in [4.69, 9.17) is 18.4 Å². The number of nitro benzene ring substituents is 1. The van der Waals surface area contributed by atoms with Crippen molar-refractivity contribution in [2.75, 3.05) is 0 Å². The maximum Gasteiger partial charge on any atom is 0.485 e. The number of hydrogen-bond donors (Lipinski definition) is 0. The van der Waals surface area contributed by atoms with Gasteiger partial charge in [0.1, 0.15) is 0 Å². The highest BCUT2D eigenvalue weighted by Gasteiger charge is 2.36. The number of halogens is 3. The molecule has 0 aromatic heterocycles. The van der Waals surface area contributed by atoms with E-state index < -0.39 is 20.5 Å². The van der Waals surface area contributed by atoms with Gasteiger partial charge in [0.25, 0.3) is 0 Å². The van der Waals surface area contributed by atoms with Crippen LogP contribution >= 0.6 is 0 Å². The molecule has 1 aromatic rings. The summed E-state index contributed by atoms with van der Waals surface area (Å²) >= 11 is 0. The fourth-order valence-corrected chi connectivity index (χ4v) is 0.703. The van der Waals surface area contributed by atoms with Crippen molar-refractivity contribution in [3.05, 3.63) is 39.4 Å². The Hall–Kier alpha value is -2.26. The molecule has 12 heteroatoms. The molecular formula is C7H4F3N3O5S. The van der Waals surface area contributed by atoms with Gasteiger partial charge < -0.3 is 4.55 Å². The van der Waals surface area contributed by atoms with Gasteiger partial charge in [-0.2, -0.15) is 13.2 Å². The van der Waals surface area contributed by atoms with Crippen molar-refractivity contribution in [2.24, 2.45) is 0 Å². The van der Waals surface area contributed by atoms with E-state index in [-0.39, 0.29) is 11.4 Å². The predicted molar refractivity (Wildman–Crippen MR) is 53.6 cm³/mol. The van der Waals surface area contributed by atoms with Crippen molar-refractivity contribution in [2.45, 2.75) is 5.51 Å². The number of alkyl halides is 3. The largest absolute Gasteiger partial charge is 0.741 e. The summed E-state index contributed by atoms with van der Waals surface area (Å²) in [5, 5.41) is 18.5. The minimum atomic E-state index is -6.09. The average Bonchev–Trinajstić information content (AvgIpc) is 2.27. The summed E-state index contributed by atoms with van der Waals surface area (Å²) in [5.41, 5.74) is -5.87. The predicted octanol–water partition coefficient (Wildman–Crippen LogP) is 2.13. The van der Waals surface area contributed by atoms with Gasteiger partial charge in [-0.1, -0.05) is 12.1 Å². The summed E-state index contributed by atoms with van der Waals surface area (Å²) in [6, 6.07) is 5.70. The quantitative estimate of drug-likeness (QED) is 0.257. The number of nitro groups is 1. The minimum absolute atomic E-state index is 0.0301. The lowest BCUT2D eigenvalue weighted by molar-refractivity contribution is -0.383. The molecule has 0 amide bonds. The van der Waals surface area contributed by atoms with Gasteiger partial charge in [0.15, 0.2) is 15.1 Å². The van der Waals surface area contributed by atoms with E-state index in [1.54, 1.807) is 6.07 Å². The van der Waals surface area contributed by atoms with Gasteiger partial charge >= 0.3 is 16.9 Å². The van der Waals surface area contributed by atoms with Crippen LogP contribution in [-0.2, 0) is 10.1 Å². The third kappa shape index (κ3) is 5.27. The Labute approximate surface area is 104 Å². The second-order valence-corrected chi connectivity index (χ2v) is 4.12. The number of para-hydroxylation sites is 1. The van der Waals surface area contributed by atoms with E-state index in [9.17, 15) is 23.3 Å². The standard InChI is InChI=1S/C6H4N3O2.CHF3O3S/c7-8-5-3-1-2-4-6(5)9(10)11;2-1(3,4)8(5,6)7/h1-4H;(H,5,6,7)/q+1;/p-1. The van der Waals surface area contributed by atoms with E-state index in [0.29, 0.717) is 0 Å². The molecule has 0 saturated heterocycles. The fourth-order valence-electron chi connectivity index (χ4n) is 0.703. The molecule has 0 N–H and O–H groups in total. The van der Waals surface area contributed by atoms with E-state index in [2.05, 4.69) is 4.98 Å². The van der Waals surface area contributed by atoms with Crippen LogP contribution in [0.1, 0.15) is 0 Å². The first-order valence-electron chi connectivity index (χ1n) is 4.11. The number of diazo groups is 1. The number of benzene rings is 1. The smallest absolute Gasteiger partial charge is 0.485 e. The molecule has 0 saturated carbocycles. The summed E-state index contributed by atoms with van der Waals surface area (Å²) in [5.74, 6) is 0. The molecule has 1 rings (SSSR count). The Morgan fingerprint density at radius 3 is 1.95 bits per heavy atom. The van der Waals surface area contributed by atoms with Crippen molar-refractivity contribution in [3.8, 4) is 0 Å². The SMILES string of the molecule is N#[N+]c1ccccc1[N+](=O)[O-].O=S(=O)([O-])C(F)(F)F. The Morgan fingerprint density at radius 2 is 1.68 bits per heavy atom. The van der Waals surface area contributed by atoms with Crippen molar-refractivity contribution in [1.29, 1.82) is 5.39 Å². The molecule has 0 fully saturated rings. The highest BCUT2D eigenvalue weighted by atomic mass is 32.2. The van der Waals surface area contributed by atoms with Crippen molar-refractivity contribution >= 4 is 21.5 Å². The van der Waals surface area contributed by atoms with Crippen LogP contribution in [0.2, 0.25) is 0 Å². The molecular weight excluding hydrogens is 295 g/mol. The number of nitrogens with zero attached hydrogens (tertiary/aromatic N) is 3. The maximum absolute atomic E-state index is 10.7. The molecule has 0 spiro atoms. The molecule has 0 bridgehead atoms. The lowest BCUT2D eigenvalue weighted by atomic mass is 10.3. The van der Waals surface area contributed by atoms with Gasteiger partial charge in [-0.05, 0) is 0 Å². The van der Waals surface area contributed by atoms with Crippen LogP contribution in [0.4, 0.5) is 24.5 Å². The van der Waals surface area contributed by atoms with E-state index in [1.165, 1.54) is 18.2 Å². The van der Waals surface area contributed by atoms with Crippen LogP contribution in [0.3, 0.4) is 0 Å². The van der Waals surface area contributed by atoms with Crippen LogP contribution in [0.25, 0.3) is 4.98 Å². The first-order chi connectivity index (χ1) is 8.50. The molecule has 8 nitrogen and oxygen atoms in total. The summed E-state index contributed by atoms with van der Waals surface area (Å²) in [6.45, 7) is 0. The first-order valence-corrected chi connectivity index (χ1v) is 5.52. The third-order valence-electron chi connectivity index (χ3n) is 1.47. The highest BCUT2D eigenvalue weighted by molar-refractivity contribution is 7.86. The normalized spacial score (nSPS) is 10.9. The third-order valence-corrected chi connectivity index (χ3v) is 2.04. The molecule has 0 unspecified atom stereocenters. The molecule has 0 aliphatic carbocycles. The molecule has 19 heavy (non-hydrogen) atoms. The van der Waals surface area contributed by atoms with Crippen LogP contribution in [-0.4, -0.2) is 23.4 Å². The summed E-state index contributed by atoms with van der Waals surface area (Å²) < 4.78 is 58.9. The Kier molecular flexibility index (Phi) is 5.35. The fraction of sp³-hybridized carbons (Fsp3) is 0.143. The molecule has 0 aliphatic heterocycles. The second-order valence-electron chi connectivity index (χ2n) is 2.75. The van der Waals surface area contributed by atoms with Gasteiger partial charge in [-0.15, -0.1) is 0 Å². The van der Waals surface area contributed by atoms with E-state index >= 15 is 0 Å². The minimum Gasteiger partial charge on any atom is -0.741 e. The Morgan fingerprint density at radius 1 is 1.26 bits per heavy atom. The van der Waals surface area contributed by atoms with Crippen LogP contribution in [0.5, 0.6) is 0 Å². The lowest BCUT2D eigenvalue weighted by Gasteiger charge is -2.08. The Bertz CT molecular complexity index is 607. The highest BCUT2D eigenvalue weighted by Crippen LogP contribution is 2.25. The molecule has 104 valence electrons. The van der Waals surface area contributed by atoms with Gasteiger partial charge in [-0.3, -0.25) is 10.1 Å². The summed E-state index contributed by atoms with van der Waals surface area (Å²) in [6.07, 6.45) is 0. The lowest BCUT2D eigenvalue weighted by Crippen LogP contribution is -2.21. The number of hydrogen-bond acceptors (Lipinski definition) is 6. The molecule has 1 aromatic carbocycles. The van der Waals surface area contributed by atoms with Crippen LogP contribution in [0, 0.1) is 15.5 Å². The van der Waals surface area contributed by atoms with Crippen LogP contribution in [0.15, 0.2) is 24.3 Å². The zero-order valence-corrected chi connectivity index (χ0v) is 9.55. The first kappa shape index (κ1) is 16.7. The molecule has 0 radical (unpaired) electrons. The van der Waals surface area contributed by atoms with Gasteiger partial charge in [-0.25, -0.2) is 8.42 Å². The van der Waals surface area contributed by atoms with Gasteiger partial charge in [0.05, 0.1) is 4.92 Å². The van der Waals surface area contributed by atoms with Gasteiger partial charge in [0, 0.05) is 12.1 Å². The van der Waals surface area contributed by atoms with E-state index in [1.807, 2.05) is 0 Å². The van der Waals surface area contributed by atoms with Crippen LogP contribution < -0.4 is 0 Å². The van der Waals surface area contributed by atoms with Crippen molar-refractivity contribution in [1.82, 2.24) is 0 Å². The molecule has 0 atom stereocenters. The van der Waals surface area contributed by atoms with E-state index in [0.717, 1.165) is 0 Å². The molecule has 0 aliphatic rings. The molecule has 0 heterocycles. The van der Waals surface area contributed by atoms with Crippen molar-refractivity contribution < 1.29 is 31.1 Å². The second kappa shape index (κ2) is 6.07. The van der Waals surface area contributed by atoms with Crippen molar-refractivity contribution in [3.63, 3.8) is 0 Å². The monoisotopic (exact) mass is 299 g/mol. The average molecular weight is 299 g/mol. The Balaban J connectivity index is 0.000000362. The maximum atomic E-state index is 10.7. The summed E-state index contributed by atoms with van der Waals surface area (Å²) in [4.78, 5) is 12.4. The zero-order chi connectivity index (χ0) is 15.3.